The third-order valence-electron chi connectivity index (χ3n) is 3.21. The van der Waals surface area contributed by atoms with Crippen LogP contribution in [0.3, 0.4) is 0 Å². The molecule has 104 valence electrons. The van der Waals surface area contributed by atoms with Gasteiger partial charge in [-0.3, -0.25) is 4.79 Å². The number of aromatic nitrogens is 3. The minimum Gasteiger partial charge on any atom is -0.350 e. The normalized spacial score (nSPS) is 15.8. The van der Waals surface area contributed by atoms with Crippen LogP contribution >= 0.6 is 11.3 Å². The maximum Gasteiger partial charge on any atom is 0.263 e. The lowest BCUT2D eigenvalue weighted by molar-refractivity contribution is 0.0954. The Kier molecular flexibility index (Phi) is 3.70. The van der Waals surface area contributed by atoms with Gasteiger partial charge in [0.05, 0.1) is 6.20 Å². The molecule has 6 nitrogen and oxygen atoms in total. The predicted molar refractivity (Wildman–Crippen MR) is 76.2 cm³/mol. The Balaban J connectivity index is 1.62. The van der Waals surface area contributed by atoms with Gasteiger partial charge < -0.3 is 11.1 Å². The lowest BCUT2D eigenvalue weighted by Gasteiger charge is -2.10. The number of hydrogen-bond acceptors (Lipinski definition) is 6. The first-order valence-corrected chi connectivity index (χ1v) is 7.32. The van der Waals surface area contributed by atoms with Crippen molar-refractivity contribution in [2.75, 3.05) is 6.54 Å². The average molecular weight is 289 g/mol. The summed E-state index contributed by atoms with van der Waals surface area (Å²) in [5.41, 5.74) is 5.95. The number of nitrogens with zero attached hydrogens (tertiary/aromatic N) is 3. The quantitative estimate of drug-likeness (QED) is 0.858. The summed E-state index contributed by atoms with van der Waals surface area (Å²) < 4.78 is 0. The van der Waals surface area contributed by atoms with Crippen molar-refractivity contribution in [3.05, 3.63) is 29.5 Å². The summed E-state index contributed by atoms with van der Waals surface area (Å²) in [4.78, 5) is 25.0. The third kappa shape index (κ3) is 3.00. The summed E-state index contributed by atoms with van der Waals surface area (Å²) in [6.07, 6.45) is 7.20. The highest BCUT2D eigenvalue weighted by molar-refractivity contribution is 7.16. The molecule has 3 rings (SSSR count). The van der Waals surface area contributed by atoms with Gasteiger partial charge in [-0.15, -0.1) is 11.3 Å². The second-order valence-corrected chi connectivity index (χ2v) is 5.84. The molecule has 1 amide bonds. The molecular formula is C13H15N5OS. The largest absolute Gasteiger partial charge is 0.350 e. The molecule has 2 aromatic rings. The summed E-state index contributed by atoms with van der Waals surface area (Å²) in [7, 11) is 0. The first-order chi connectivity index (χ1) is 9.74. The van der Waals surface area contributed by atoms with Gasteiger partial charge in [0.15, 0.2) is 10.8 Å². The van der Waals surface area contributed by atoms with E-state index in [1.54, 1.807) is 24.7 Å². The van der Waals surface area contributed by atoms with E-state index >= 15 is 0 Å². The fourth-order valence-corrected chi connectivity index (χ4v) is 2.66. The molecule has 0 aliphatic heterocycles. The van der Waals surface area contributed by atoms with Gasteiger partial charge in [-0.2, -0.15) is 0 Å². The summed E-state index contributed by atoms with van der Waals surface area (Å²) in [5, 5.41) is 3.49. The summed E-state index contributed by atoms with van der Waals surface area (Å²) in [6, 6.07) is 1.80. The van der Waals surface area contributed by atoms with Crippen LogP contribution in [0, 0.1) is 5.92 Å². The number of amides is 1. The van der Waals surface area contributed by atoms with Gasteiger partial charge in [0.1, 0.15) is 4.88 Å². The molecule has 1 aliphatic rings. The Bertz CT molecular complexity index is 596. The van der Waals surface area contributed by atoms with E-state index in [1.165, 1.54) is 24.2 Å². The van der Waals surface area contributed by atoms with Gasteiger partial charge in [0.2, 0.25) is 0 Å². The Morgan fingerprint density at radius 2 is 2.15 bits per heavy atom. The maximum atomic E-state index is 12.0. The lowest BCUT2D eigenvalue weighted by Crippen LogP contribution is -2.38. The summed E-state index contributed by atoms with van der Waals surface area (Å²) in [5.74, 6) is 0.969. The number of nitrogens with one attached hydrogen (secondary N) is 1. The number of carbonyl (C=O) groups excluding carboxylic acids is 1. The molecule has 2 aromatic heterocycles. The van der Waals surface area contributed by atoms with Gasteiger partial charge in [-0.05, 0) is 24.8 Å². The van der Waals surface area contributed by atoms with Gasteiger partial charge in [0.25, 0.3) is 5.91 Å². The smallest absolute Gasteiger partial charge is 0.263 e. The standard InChI is InChI=1S/C13H15N5OS/c14-9(8-2-3-8)6-17-12(19)10-7-18-13(20-10)11-15-4-1-5-16-11/h1,4-5,7-9H,2-3,6,14H2,(H,17,19). The molecule has 7 heteroatoms. The predicted octanol–water partition coefficient (Wildman–Crippen LogP) is 1.07. The molecule has 0 aromatic carbocycles. The SMILES string of the molecule is NC(CNC(=O)c1cnc(-c2ncccn2)s1)C1CC1. The topological polar surface area (TPSA) is 93.8 Å². The highest BCUT2D eigenvalue weighted by Crippen LogP contribution is 2.31. The zero-order valence-corrected chi connectivity index (χ0v) is 11.6. The number of nitrogens with two attached hydrogens (primary N) is 1. The monoisotopic (exact) mass is 289 g/mol. The number of rotatable bonds is 5. The zero-order valence-electron chi connectivity index (χ0n) is 10.8. The van der Waals surface area contributed by atoms with Crippen molar-refractivity contribution in [2.24, 2.45) is 11.7 Å². The molecule has 1 atom stereocenters. The third-order valence-corrected chi connectivity index (χ3v) is 4.20. The highest BCUT2D eigenvalue weighted by atomic mass is 32.1. The Morgan fingerprint density at radius 3 is 2.85 bits per heavy atom. The second kappa shape index (κ2) is 5.64. The van der Waals surface area contributed by atoms with Crippen LogP contribution in [0.25, 0.3) is 10.8 Å². The van der Waals surface area contributed by atoms with Crippen molar-refractivity contribution in [3.63, 3.8) is 0 Å². The van der Waals surface area contributed by atoms with Crippen LogP contribution in [-0.4, -0.2) is 33.4 Å². The van der Waals surface area contributed by atoms with E-state index < -0.39 is 0 Å². The van der Waals surface area contributed by atoms with Gasteiger partial charge in [0, 0.05) is 25.0 Å². The number of hydrogen-bond donors (Lipinski definition) is 2. The molecule has 1 saturated carbocycles. The Hall–Kier alpha value is -1.86. The average Bonchev–Trinajstić information content (AvgIpc) is 3.22. The molecule has 1 unspecified atom stereocenters. The van der Waals surface area contributed by atoms with Crippen LogP contribution < -0.4 is 11.1 Å². The minimum atomic E-state index is -0.138. The molecule has 20 heavy (non-hydrogen) atoms. The van der Waals surface area contributed by atoms with Crippen LogP contribution in [0.15, 0.2) is 24.7 Å². The van der Waals surface area contributed by atoms with Crippen molar-refractivity contribution >= 4 is 17.2 Å². The maximum absolute atomic E-state index is 12.0. The first-order valence-electron chi connectivity index (χ1n) is 6.51. The molecule has 1 aliphatic carbocycles. The molecule has 0 bridgehead atoms. The Morgan fingerprint density at radius 1 is 1.40 bits per heavy atom. The van der Waals surface area contributed by atoms with Gasteiger partial charge in [-0.25, -0.2) is 15.0 Å². The number of thiazole rings is 1. The van der Waals surface area contributed by atoms with E-state index in [2.05, 4.69) is 20.3 Å². The molecule has 0 spiro atoms. The molecule has 0 radical (unpaired) electrons. The summed E-state index contributed by atoms with van der Waals surface area (Å²) in [6.45, 7) is 0.512. The van der Waals surface area contributed by atoms with Crippen molar-refractivity contribution in [2.45, 2.75) is 18.9 Å². The van der Waals surface area contributed by atoms with Crippen molar-refractivity contribution in [1.82, 2.24) is 20.3 Å². The van der Waals surface area contributed by atoms with E-state index in [4.69, 9.17) is 5.73 Å². The Labute approximate surface area is 120 Å². The van der Waals surface area contributed by atoms with Crippen molar-refractivity contribution in [3.8, 4) is 10.8 Å². The first kappa shape index (κ1) is 13.1. The van der Waals surface area contributed by atoms with Crippen LogP contribution in [0.5, 0.6) is 0 Å². The zero-order chi connectivity index (χ0) is 13.9. The van der Waals surface area contributed by atoms with Crippen molar-refractivity contribution in [1.29, 1.82) is 0 Å². The lowest BCUT2D eigenvalue weighted by atomic mass is 10.2. The second-order valence-electron chi connectivity index (χ2n) is 4.81. The van der Waals surface area contributed by atoms with E-state index in [-0.39, 0.29) is 11.9 Å². The minimum absolute atomic E-state index is 0.0591. The van der Waals surface area contributed by atoms with Crippen LogP contribution in [0.4, 0.5) is 0 Å². The molecular weight excluding hydrogens is 274 g/mol. The van der Waals surface area contributed by atoms with E-state index in [0.29, 0.717) is 28.2 Å². The molecule has 0 saturated heterocycles. The van der Waals surface area contributed by atoms with Gasteiger partial charge in [-0.1, -0.05) is 0 Å². The number of carbonyl (C=O) groups is 1. The fraction of sp³-hybridized carbons (Fsp3) is 0.385. The molecule has 3 N–H and O–H groups in total. The highest BCUT2D eigenvalue weighted by Gasteiger charge is 2.28. The molecule has 1 fully saturated rings. The van der Waals surface area contributed by atoms with Crippen LogP contribution in [0.1, 0.15) is 22.5 Å². The van der Waals surface area contributed by atoms with Gasteiger partial charge >= 0.3 is 0 Å². The van der Waals surface area contributed by atoms with Crippen molar-refractivity contribution < 1.29 is 4.79 Å². The van der Waals surface area contributed by atoms with E-state index in [9.17, 15) is 4.79 Å². The van der Waals surface area contributed by atoms with E-state index in [0.717, 1.165) is 0 Å². The van der Waals surface area contributed by atoms with Crippen LogP contribution in [0.2, 0.25) is 0 Å². The fourth-order valence-electron chi connectivity index (χ4n) is 1.88. The molecule has 2 heterocycles. The van der Waals surface area contributed by atoms with E-state index in [1.807, 2.05) is 0 Å². The summed E-state index contributed by atoms with van der Waals surface area (Å²) >= 11 is 1.28. The van der Waals surface area contributed by atoms with Crippen LogP contribution in [-0.2, 0) is 0 Å².